The Morgan fingerprint density at radius 1 is 1.19 bits per heavy atom. The number of rotatable bonds is 5. The van der Waals surface area contributed by atoms with E-state index >= 15 is 0 Å². The lowest BCUT2D eigenvalue weighted by Crippen LogP contribution is -2.41. The molecule has 0 amide bonds. The predicted molar refractivity (Wildman–Crippen MR) is 95.9 cm³/mol. The van der Waals surface area contributed by atoms with Crippen LogP contribution in [0, 0.1) is 0 Å². The van der Waals surface area contributed by atoms with Gasteiger partial charge < -0.3 is 14.6 Å². The minimum absolute atomic E-state index is 0.0466. The largest absolute Gasteiger partial charge is 0.462 e. The SMILES string of the molecule is CC1(O)CC(=O)OC(CCc2ccc(OC(=O)c3ccccc3)cc2)C1. The lowest BCUT2D eigenvalue weighted by molar-refractivity contribution is -0.168. The highest BCUT2D eigenvalue weighted by atomic mass is 16.5. The summed E-state index contributed by atoms with van der Waals surface area (Å²) in [5.41, 5.74) is 0.559. The molecule has 2 unspecified atom stereocenters. The number of cyclic esters (lactones) is 1. The smallest absolute Gasteiger partial charge is 0.343 e. The Balaban J connectivity index is 1.53. The van der Waals surface area contributed by atoms with Crippen molar-refractivity contribution in [2.45, 2.75) is 44.3 Å². The Kier molecular flexibility index (Phi) is 5.38. The highest BCUT2D eigenvalue weighted by molar-refractivity contribution is 5.90. The van der Waals surface area contributed by atoms with Crippen LogP contribution >= 0.6 is 0 Å². The van der Waals surface area contributed by atoms with Crippen molar-refractivity contribution in [2.24, 2.45) is 0 Å². The summed E-state index contributed by atoms with van der Waals surface area (Å²) in [5.74, 6) is -0.265. The van der Waals surface area contributed by atoms with Gasteiger partial charge in [-0.3, -0.25) is 4.79 Å². The van der Waals surface area contributed by atoms with Gasteiger partial charge in [0.25, 0.3) is 0 Å². The van der Waals surface area contributed by atoms with E-state index in [9.17, 15) is 14.7 Å². The van der Waals surface area contributed by atoms with Crippen LogP contribution in [0.3, 0.4) is 0 Å². The second-order valence-corrected chi connectivity index (χ2v) is 6.93. The highest BCUT2D eigenvalue weighted by Crippen LogP contribution is 2.27. The van der Waals surface area contributed by atoms with E-state index in [1.165, 1.54) is 0 Å². The van der Waals surface area contributed by atoms with Crippen molar-refractivity contribution in [2.75, 3.05) is 0 Å². The lowest BCUT2D eigenvalue weighted by atomic mass is 9.89. The maximum Gasteiger partial charge on any atom is 0.343 e. The standard InChI is InChI=1S/C21H22O5/c1-21(24)13-18(25-19(22)14-21)12-9-15-7-10-17(11-8-15)26-20(23)16-5-3-2-4-6-16/h2-8,10-11,18,24H,9,12-14H2,1H3. The van der Waals surface area contributed by atoms with Crippen molar-refractivity contribution < 1.29 is 24.2 Å². The fourth-order valence-electron chi connectivity index (χ4n) is 3.10. The van der Waals surface area contributed by atoms with Gasteiger partial charge in [0.15, 0.2) is 0 Å². The van der Waals surface area contributed by atoms with E-state index in [1.807, 2.05) is 18.2 Å². The Labute approximate surface area is 152 Å². The van der Waals surface area contributed by atoms with Crippen molar-refractivity contribution in [3.05, 3.63) is 65.7 Å². The summed E-state index contributed by atoms with van der Waals surface area (Å²) in [6.45, 7) is 1.66. The molecule has 5 nitrogen and oxygen atoms in total. The van der Waals surface area contributed by atoms with E-state index < -0.39 is 11.6 Å². The van der Waals surface area contributed by atoms with Crippen LogP contribution in [0.4, 0.5) is 0 Å². The summed E-state index contributed by atoms with van der Waals surface area (Å²) in [5, 5.41) is 10.1. The zero-order chi connectivity index (χ0) is 18.6. The van der Waals surface area contributed by atoms with Gasteiger partial charge in [0.2, 0.25) is 0 Å². The van der Waals surface area contributed by atoms with Crippen LogP contribution in [0.25, 0.3) is 0 Å². The summed E-state index contributed by atoms with van der Waals surface area (Å²) >= 11 is 0. The third kappa shape index (κ3) is 4.92. The molecule has 1 saturated heterocycles. The average Bonchev–Trinajstić information content (AvgIpc) is 2.60. The fourth-order valence-corrected chi connectivity index (χ4v) is 3.10. The second-order valence-electron chi connectivity index (χ2n) is 6.93. The number of ether oxygens (including phenoxy) is 2. The zero-order valence-corrected chi connectivity index (χ0v) is 14.7. The molecule has 2 aromatic rings. The number of carbonyl (C=O) groups is 2. The quantitative estimate of drug-likeness (QED) is 0.659. The molecule has 5 heteroatoms. The summed E-state index contributed by atoms with van der Waals surface area (Å²) in [7, 11) is 0. The van der Waals surface area contributed by atoms with Gasteiger partial charge >= 0.3 is 11.9 Å². The van der Waals surface area contributed by atoms with Gasteiger partial charge in [0, 0.05) is 6.42 Å². The topological polar surface area (TPSA) is 72.8 Å². The highest BCUT2D eigenvalue weighted by Gasteiger charge is 2.35. The van der Waals surface area contributed by atoms with Crippen LogP contribution in [0.1, 0.15) is 42.1 Å². The molecule has 0 radical (unpaired) electrons. The Morgan fingerprint density at radius 2 is 1.88 bits per heavy atom. The molecule has 0 aliphatic carbocycles. The van der Waals surface area contributed by atoms with E-state index in [2.05, 4.69) is 0 Å². The molecule has 26 heavy (non-hydrogen) atoms. The maximum absolute atomic E-state index is 12.0. The molecule has 3 rings (SSSR count). The summed E-state index contributed by atoms with van der Waals surface area (Å²) in [4.78, 5) is 23.6. The van der Waals surface area contributed by atoms with Crippen molar-refractivity contribution in [1.29, 1.82) is 0 Å². The summed E-state index contributed by atoms with van der Waals surface area (Å²) in [6.07, 6.45) is 1.57. The first-order valence-corrected chi connectivity index (χ1v) is 8.69. The van der Waals surface area contributed by atoms with E-state index in [4.69, 9.17) is 9.47 Å². The van der Waals surface area contributed by atoms with Gasteiger partial charge in [0.1, 0.15) is 11.9 Å². The first kappa shape index (κ1) is 18.1. The van der Waals surface area contributed by atoms with Crippen LogP contribution in [0.2, 0.25) is 0 Å². The number of aliphatic hydroxyl groups is 1. The minimum atomic E-state index is -0.991. The van der Waals surface area contributed by atoms with Crippen LogP contribution in [0.5, 0.6) is 5.75 Å². The number of esters is 2. The number of carbonyl (C=O) groups excluding carboxylic acids is 2. The Hall–Kier alpha value is -2.66. The molecule has 0 aromatic heterocycles. The van der Waals surface area contributed by atoms with Gasteiger partial charge in [0.05, 0.1) is 17.6 Å². The zero-order valence-electron chi connectivity index (χ0n) is 14.7. The van der Waals surface area contributed by atoms with Gasteiger partial charge in [-0.05, 0) is 49.6 Å². The molecular weight excluding hydrogens is 332 g/mol. The molecule has 0 saturated carbocycles. The normalized spacial score (nSPS) is 22.5. The first-order valence-electron chi connectivity index (χ1n) is 8.69. The molecule has 1 fully saturated rings. The summed E-state index contributed by atoms with van der Waals surface area (Å²) < 4.78 is 10.7. The first-order chi connectivity index (χ1) is 12.4. The minimum Gasteiger partial charge on any atom is -0.462 e. The molecule has 0 spiro atoms. The molecule has 2 aromatic carbocycles. The van der Waals surface area contributed by atoms with Gasteiger partial charge in [-0.2, -0.15) is 0 Å². The average molecular weight is 354 g/mol. The maximum atomic E-state index is 12.0. The molecule has 2 atom stereocenters. The van der Waals surface area contributed by atoms with E-state index in [-0.39, 0.29) is 18.5 Å². The molecular formula is C21H22O5. The molecule has 1 N–H and O–H groups in total. The Bertz CT molecular complexity index is 765. The number of hydrogen-bond donors (Lipinski definition) is 1. The molecule has 136 valence electrons. The molecule has 1 aliphatic heterocycles. The molecule has 0 bridgehead atoms. The third-order valence-electron chi connectivity index (χ3n) is 4.39. The van der Waals surface area contributed by atoms with Crippen LogP contribution < -0.4 is 4.74 Å². The van der Waals surface area contributed by atoms with Gasteiger partial charge in [-0.25, -0.2) is 4.79 Å². The molecule has 1 aliphatic rings. The van der Waals surface area contributed by atoms with Crippen molar-refractivity contribution in [3.63, 3.8) is 0 Å². The summed E-state index contributed by atoms with van der Waals surface area (Å²) in [6, 6.07) is 16.1. The number of benzene rings is 2. The second kappa shape index (κ2) is 7.70. The number of hydrogen-bond acceptors (Lipinski definition) is 5. The fraction of sp³-hybridized carbons (Fsp3) is 0.333. The third-order valence-corrected chi connectivity index (χ3v) is 4.39. The van der Waals surface area contributed by atoms with E-state index in [1.54, 1.807) is 43.3 Å². The van der Waals surface area contributed by atoms with E-state index in [0.717, 1.165) is 5.56 Å². The van der Waals surface area contributed by atoms with Gasteiger partial charge in [-0.1, -0.05) is 30.3 Å². The molecule has 1 heterocycles. The van der Waals surface area contributed by atoms with Crippen LogP contribution in [-0.4, -0.2) is 28.8 Å². The number of aryl methyl sites for hydroxylation is 1. The van der Waals surface area contributed by atoms with Crippen molar-refractivity contribution in [1.82, 2.24) is 0 Å². The predicted octanol–water partition coefficient (Wildman–Crippen LogP) is 3.30. The van der Waals surface area contributed by atoms with Gasteiger partial charge in [-0.15, -0.1) is 0 Å². The monoisotopic (exact) mass is 354 g/mol. The van der Waals surface area contributed by atoms with Crippen LogP contribution in [0.15, 0.2) is 54.6 Å². The van der Waals surface area contributed by atoms with Crippen LogP contribution in [-0.2, 0) is 16.0 Å². The van der Waals surface area contributed by atoms with Crippen molar-refractivity contribution >= 4 is 11.9 Å². The van der Waals surface area contributed by atoms with E-state index in [0.29, 0.717) is 30.6 Å². The lowest BCUT2D eigenvalue weighted by Gasteiger charge is -2.33. The Morgan fingerprint density at radius 3 is 2.54 bits per heavy atom. The van der Waals surface area contributed by atoms with Crippen molar-refractivity contribution in [3.8, 4) is 5.75 Å².